The molecule has 2 heterocycles. The molecule has 5 nitrogen and oxygen atoms in total. The van der Waals surface area contributed by atoms with E-state index in [0.717, 1.165) is 37.3 Å². The first-order valence-corrected chi connectivity index (χ1v) is 9.51. The van der Waals surface area contributed by atoms with Gasteiger partial charge in [0.15, 0.2) is 6.29 Å². The van der Waals surface area contributed by atoms with Gasteiger partial charge >= 0.3 is 0 Å². The first-order valence-electron chi connectivity index (χ1n) is 9.51. The van der Waals surface area contributed by atoms with Crippen LogP contribution < -0.4 is 5.32 Å². The molecule has 0 bridgehead atoms. The minimum atomic E-state index is -0.0559. The van der Waals surface area contributed by atoms with Crippen LogP contribution in [0.1, 0.15) is 32.6 Å². The lowest BCUT2D eigenvalue weighted by Gasteiger charge is -2.34. The van der Waals surface area contributed by atoms with Crippen molar-refractivity contribution in [3.63, 3.8) is 0 Å². The van der Waals surface area contributed by atoms with E-state index in [2.05, 4.69) is 16.8 Å². The van der Waals surface area contributed by atoms with Crippen LogP contribution in [-0.4, -0.2) is 63.7 Å². The predicted molar refractivity (Wildman–Crippen MR) is 101 cm³/mol. The molecule has 0 aliphatic carbocycles. The summed E-state index contributed by atoms with van der Waals surface area (Å²) in [6, 6.07) is 0.279. The maximum Gasteiger partial charge on any atom is 0.157 e. The third-order valence-corrected chi connectivity index (χ3v) is 4.73. The minimum Gasteiger partial charge on any atom is -0.492 e. The topological polar surface area (TPSA) is 43.0 Å². The summed E-state index contributed by atoms with van der Waals surface area (Å²) in [6.45, 7) is 11.5. The Morgan fingerprint density at radius 3 is 2.72 bits per heavy atom. The number of rotatable bonds is 11. The Morgan fingerprint density at radius 1 is 1.28 bits per heavy atom. The highest BCUT2D eigenvalue weighted by molar-refractivity contribution is 5.27. The maximum atomic E-state index is 5.78. The van der Waals surface area contributed by atoms with Crippen LogP contribution in [0.15, 0.2) is 36.1 Å². The van der Waals surface area contributed by atoms with E-state index in [4.69, 9.17) is 14.2 Å². The predicted octanol–water partition coefficient (Wildman–Crippen LogP) is 2.86. The van der Waals surface area contributed by atoms with Crippen molar-refractivity contribution in [2.24, 2.45) is 0 Å². The summed E-state index contributed by atoms with van der Waals surface area (Å²) < 4.78 is 17.0. The largest absolute Gasteiger partial charge is 0.492 e. The van der Waals surface area contributed by atoms with E-state index in [1.807, 2.05) is 32.2 Å². The second-order valence-corrected chi connectivity index (χ2v) is 6.61. The number of allylic oxidation sites excluding steroid dienone is 2. The van der Waals surface area contributed by atoms with Crippen molar-refractivity contribution in [2.45, 2.75) is 44.9 Å². The van der Waals surface area contributed by atoms with Crippen LogP contribution in [0.5, 0.6) is 0 Å². The fraction of sp³-hybridized carbons (Fsp3) is 0.700. The third kappa shape index (κ3) is 7.32. The van der Waals surface area contributed by atoms with Crippen LogP contribution in [-0.2, 0) is 14.2 Å². The van der Waals surface area contributed by atoms with Gasteiger partial charge in [0.2, 0.25) is 0 Å². The quantitative estimate of drug-likeness (QED) is 0.353. The molecule has 2 rings (SSSR count). The van der Waals surface area contributed by atoms with E-state index in [1.165, 1.54) is 25.9 Å². The van der Waals surface area contributed by atoms with Crippen LogP contribution in [0.2, 0.25) is 0 Å². The van der Waals surface area contributed by atoms with E-state index < -0.39 is 0 Å². The molecule has 0 amide bonds. The van der Waals surface area contributed by atoms with Gasteiger partial charge in [0.1, 0.15) is 12.4 Å². The Balaban J connectivity index is 1.66. The molecule has 2 saturated heterocycles. The molecule has 0 aromatic rings. The lowest BCUT2D eigenvalue weighted by molar-refractivity contribution is -0.167. The average Bonchev–Trinajstić information content (AvgIpc) is 2.61. The molecule has 25 heavy (non-hydrogen) atoms. The van der Waals surface area contributed by atoms with Crippen molar-refractivity contribution in [1.82, 2.24) is 10.2 Å². The van der Waals surface area contributed by atoms with Gasteiger partial charge in [-0.3, -0.25) is 0 Å². The van der Waals surface area contributed by atoms with E-state index in [9.17, 15) is 0 Å². The van der Waals surface area contributed by atoms with Gasteiger partial charge in [-0.25, -0.2) is 0 Å². The number of nitrogens with one attached hydrogen (secondary N) is 1. The zero-order valence-electron chi connectivity index (χ0n) is 15.8. The molecule has 1 unspecified atom stereocenters. The lowest BCUT2D eigenvalue weighted by atomic mass is 10.1. The van der Waals surface area contributed by atoms with Crippen molar-refractivity contribution >= 4 is 0 Å². The van der Waals surface area contributed by atoms with E-state index in [0.29, 0.717) is 13.2 Å². The zero-order valence-corrected chi connectivity index (χ0v) is 15.8. The van der Waals surface area contributed by atoms with Crippen molar-refractivity contribution < 1.29 is 14.2 Å². The van der Waals surface area contributed by atoms with Gasteiger partial charge in [-0.15, -0.1) is 0 Å². The van der Waals surface area contributed by atoms with E-state index in [1.54, 1.807) is 0 Å². The van der Waals surface area contributed by atoms with Gasteiger partial charge in [-0.1, -0.05) is 12.7 Å². The average molecular weight is 351 g/mol. The number of hydrogen-bond donors (Lipinski definition) is 1. The fourth-order valence-corrected chi connectivity index (χ4v) is 2.93. The first-order chi connectivity index (χ1) is 12.2. The van der Waals surface area contributed by atoms with Gasteiger partial charge in [-0.2, -0.15) is 0 Å². The number of likely N-dealkylation sites (tertiary alicyclic amines) is 1. The molecular formula is C20H34N2O3. The number of hydrogen-bond acceptors (Lipinski definition) is 5. The molecular weight excluding hydrogens is 316 g/mol. The molecule has 5 heteroatoms. The van der Waals surface area contributed by atoms with Gasteiger partial charge in [-0.05, 0) is 70.5 Å². The third-order valence-electron chi connectivity index (χ3n) is 4.73. The van der Waals surface area contributed by atoms with Crippen molar-refractivity contribution in [3.8, 4) is 0 Å². The molecule has 1 N–H and O–H groups in total. The normalized spacial score (nSPS) is 23.4. The van der Waals surface area contributed by atoms with Crippen molar-refractivity contribution in [2.75, 3.05) is 46.5 Å². The van der Waals surface area contributed by atoms with Crippen LogP contribution in [0, 0.1) is 0 Å². The minimum absolute atomic E-state index is 0.0559. The Bertz CT molecular complexity index is 452. The summed E-state index contributed by atoms with van der Waals surface area (Å²) in [6.07, 6.45) is 10.5. The lowest BCUT2D eigenvalue weighted by Crippen LogP contribution is -2.46. The Hall–Kier alpha value is -1.14. The summed E-state index contributed by atoms with van der Waals surface area (Å²) in [5.41, 5.74) is 1.07. The number of nitrogens with zero attached hydrogens (tertiary/aromatic N) is 1. The molecule has 0 spiro atoms. The standard InChI is InChI=1S/C20H34N2O3/c1-4-18(23-14-15-25-20-8-5-6-13-24-20)10-9-17(2)19(21-3)16-22-11-7-12-22/h4,9-10,19-21H,2,5-8,11-16H2,1,3H3/b10-9-,18-4+/t19-,20?/m1/s1. The molecule has 2 atom stereocenters. The molecule has 142 valence electrons. The van der Waals surface area contributed by atoms with Gasteiger partial charge in [0.05, 0.1) is 6.61 Å². The maximum absolute atomic E-state index is 5.78. The highest BCUT2D eigenvalue weighted by Crippen LogP contribution is 2.14. The van der Waals surface area contributed by atoms with E-state index >= 15 is 0 Å². The van der Waals surface area contributed by atoms with Gasteiger partial charge in [0.25, 0.3) is 0 Å². The van der Waals surface area contributed by atoms with Gasteiger partial charge in [0, 0.05) is 19.2 Å². The molecule has 2 aliphatic rings. The summed E-state index contributed by atoms with van der Waals surface area (Å²) >= 11 is 0. The Morgan fingerprint density at radius 2 is 2.12 bits per heavy atom. The highest BCUT2D eigenvalue weighted by Gasteiger charge is 2.19. The molecule has 2 fully saturated rings. The molecule has 0 aromatic carbocycles. The molecule has 0 radical (unpaired) electrons. The summed E-state index contributed by atoms with van der Waals surface area (Å²) in [4.78, 5) is 2.44. The number of likely N-dealkylation sites (N-methyl/N-ethyl adjacent to an activating group) is 1. The second-order valence-electron chi connectivity index (χ2n) is 6.61. The number of ether oxygens (including phenoxy) is 3. The second kappa shape index (κ2) is 11.5. The molecule has 2 aliphatic heterocycles. The molecule has 0 saturated carbocycles. The van der Waals surface area contributed by atoms with E-state index in [-0.39, 0.29) is 12.3 Å². The molecule has 0 aromatic heterocycles. The Labute approximate surface area is 152 Å². The first kappa shape index (κ1) is 20.2. The van der Waals surface area contributed by atoms with Gasteiger partial charge < -0.3 is 24.4 Å². The van der Waals surface area contributed by atoms with Crippen LogP contribution >= 0.6 is 0 Å². The monoisotopic (exact) mass is 350 g/mol. The van der Waals surface area contributed by atoms with Crippen LogP contribution in [0.3, 0.4) is 0 Å². The van der Waals surface area contributed by atoms with Crippen LogP contribution in [0.4, 0.5) is 0 Å². The zero-order chi connectivity index (χ0) is 17.9. The van der Waals surface area contributed by atoms with Crippen molar-refractivity contribution in [1.29, 1.82) is 0 Å². The smallest absolute Gasteiger partial charge is 0.157 e. The summed E-state index contributed by atoms with van der Waals surface area (Å²) in [5.74, 6) is 0.841. The Kier molecular flexibility index (Phi) is 9.26. The highest BCUT2D eigenvalue weighted by atomic mass is 16.7. The summed E-state index contributed by atoms with van der Waals surface area (Å²) in [7, 11) is 1.99. The fourth-order valence-electron chi connectivity index (χ4n) is 2.93. The van der Waals surface area contributed by atoms with Crippen molar-refractivity contribution in [3.05, 3.63) is 36.1 Å². The SMILES string of the molecule is C=C(/C=C\C(=C/C)OCCOC1CCCCO1)[C@@H](CN1CCC1)NC. The van der Waals surface area contributed by atoms with Crippen LogP contribution in [0.25, 0.3) is 0 Å². The summed E-state index contributed by atoms with van der Waals surface area (Å²) in [5, 5.41) is 3.34.